The first-order chi connectivity index (χ1) is 10.5. The van der Waals surface area contributed by atoms with Crippen LogP contribution in [0.1, 0.15) is 19.8 Å². The normalized spacial score (nSPS) is 11.5. The van der Waals surface area contributed by atoms with E-state index in [4.69, 9.17) is 4.74 Å². The van der Waals surface area contributed by atoms with E-state index in [0.717, 1.165) is 18.2 Å². The summed E-state index contributed by atoms with van der Waals surface area (Å²) in [6.07, 6.45) is 1.68. The van der Waals surface area contributed by atoms with E-state index in [2.05, 4.69) is 4.72 Å². The number of ether oxygens (including phenoxy) is 1. The van der Waals surface area contributed by atoms with Crippen molar-refractivity contribution in [2.45, 2.75) is 24.7 Å². The van der Waals surface area contributed by atoms with E-state index in [-0.39, 0.29) is 11.4 Å². The molecule has 2 rings (SSSR count). The van der Waals surface area contributed by atoms with Crippen molar-refractivity contribution in [2.24, 2.45) is 0 Å². The van der Waals surface area contributed by atoms with Crippen LogP contribution in [0.4, 0.5) is 0 Å². The molecule has 5 nitrogen and oxygen atoms in total. The number of carbonyl (C=O) groups is 1. The molecule has 0 aromatic heterocycles. The summed E-state index contributed by atoms with van der Waals surface area (Å²) in [5, 5.41) is 1.45. The third-order valence-electron chi connectivity index (χ3n) is 3.21. The van der Waals surface area contributed by atoms with Gasteiger partial charge in [-0.3, -0.25) is 4.79 Å². The third-order valence-corrected chi connectivity index (χ3v) is 4.67. The van der Waals surface area contributed by atoms with E-state index < -0.39 is 16.0 Å². The lowest BCUT2D eigenvalue weighted by Gasteiger charge is -2.09. The Labute approximate surface area is 130 Å². The Balaban J connectivity index is 2.11. The van der Waals surface area contributed by atoms with Crippen LogP contribution in [0.2, 0.25) is 0 Å². The molecule has 2 aromatic carbocycles. The monoisotopic (exact) mass is 321 g/mol. The fraction of sp³-hybridized carbons (Fsp3) is 0.312. The van der Waals surface area contributed by atoms with Crippen molar-refractivity contribution < 1.29 is 17.9 Å². The Morgan fingerprint density at radius 2 is 1.86 bits per heavy atom. The molecule has 0 bridgehead atoms. The Morgan fingerprint density at radius 3 is 2.64 bits per heavy atom. The first kappa shape index (κ1) is 16.5. The molecule has 1 N–H and O–H groups in total. The largest absolute Gasteiger partial charge is 0.465 e. The summed E-state index contributed by atoms with van der Waals surface area (Å²) in [7, 11) is -3.76. The van der Waals surface area contributed by atoms with Gasteiger partial charge >= 0.3 is 5.97 Å². The zero-order chi connectivity index (χ0) is 16.0. The van der Waals surface area contributed by atoms with Crippen LogP contribution in [-0.4, -0.2) is 27.5 Å². The first-order valence-corrected chi connectivity index (χ1v) is 8.66. The van der Waals surface area contributed by atoms with Gasteiger partial charge in [0.1, 0.15) is 6.54 Å². The van der Waals surface area contributed by atoms with Gasteiger partial charge in [-0.05, 0) is 17.9 Å². The molecule has 0 fully saturated rings. The summed E-state index contributed by atoms with van der Waals surface area (Å²) < 4.78 is 32.0. The molecule has 118 valence electrons. The number of hydrogen-bond donors (Lipinski definition) is 1. The van der Waals surface area contributed by atoms with Gasteiger partial charge in [0.05, 0.1) is 11.5 Å². The lowest BCUT2D eigenvalue weighted by atomic mass is 10.1. The molecule has 0 unspecified atom stereocenters. The van der Waals surface area contributed by atoms with E-state index in [1.807, 2.05) is 25.1 Å². The van der Waals surface area contributed by atoms with Crippen LogP contribution < -0.4 is 4.72 Å². The number of carbonyl (C=O) groups excluding carboxylic acids is 1. The van der Waals surface area contributed by atoms with Crippen LogP contribution in [0.25, 0.3) is 10.8 Å². The van der Waals surface area contributed by atoms with Crippen molar-refractivity contribution >= 4 is 26.8 Å². The van der Waals surface area contributed by atoms with Gasteiger partial charge in [-0.1, -0.05) is 49.7 Å². The first-order valence-electron chi connectivity index (χ1n) is 7.17. The molecular formula is C16H19NO4S. The second-order valence-electron chi connectivity index (χ2n) is 4.88. The number of unbranched alkanes of at least 4 members (excludes halogenated alkanes) is 1. The van der Waals surface area contributed by atoms with Gasteiger partial charge in [-0.2, -0.15) is 4.72 Å². The summed E-state index contributed by atoms with van der Waals surface area (Å²) in [5.41, 5.74) is 0. The SMILES string of the molecule is CCCCOC(=O)CNS(=O)(=O)c1cccc2ccccc12. The average molecular weight is 321 g/mol. The number of hydrogen-bond acceptors (Lipinski definition) is 4. The topological polar surface area (TPSA) is 72.5 Å². The lowest BCUT2D eigenvalue weighted by Crippen LogP contribution is -2.31. The van der Waals surface area contributed by atoms with Crippen molar-refractivity contribution in [3.8, 4) is 0 Å². The van der Waals surface area contributed by atoms with Crippen LogP contribution in [0.3, 0.4) is 0 Å². The lowest BCUT2D eigenvalue weighted by molar-refractivity contribution is -0.142. The molecule has 0 saturated carbocycles. The third kappa shape index (κ3) is 4.05. The Kier molecular flexibility index (Phi) is 5.51. The molecule has 0 heterocycles. The van der Waals surface area contributed by atoms with E-state index in [0.29, 0.717) is 12.0 Å². The average Bonchev–Trinajstić information content (AvgIpc) is 2.53. The number of esters is 1. The van der Waals surface area contributed by atoms with Gasteiger partial charge in [0.15, 0.2) is 0 Å². The van der Waals surface area contributed by atoms with E-state index in [9.17, 15) is 13.2 Å². The molecule has 0 saturated heterocycles. The molecule has 2 aromatic rings. The van der Waals surface area contributed by atoms with Crippen molar-refractivity contribution in [2.75, 3.05) is 13.2 Å². The Bertz CT molecular complexity index is 750. The van der Waals surface area contributed by atoms with E-state index >= 15 is 0 Å². The van der Waals surface area contributed by atoms with Gasteiger partial charge in [0.25, 0.3) is 0 Å². The van der Waals surface area contributed by atoms with Gasteiger partial charge in [-0.25, -0.2) is 8.42 Å². The van der Waals surface area contributed by atoms with Crippen LogP contribution in [0, 0.1) is 0 Å². The number of rotatable bonds is 7. The van der Waals surface area contributed by atoms with Gasteiger partial charge < -0.3 is 4.74 Å². The van der Waals surface area contributed by atoms with Crippen molar-refractivity contribution in [3.63, 3.8) is 0 Å². The minimum atomic E-state index is -3.76. The fourth-order valence-electron chi connectivity index (χ4n) is 2.04. The van der Waals surface area contributed by atoms with E-state index in [1.165, 1.54) is 6.07 Å². The fourth-order valence-corrected chi connectivity index (χ4v) is 3.24. The highest BCUT2D eigenvalue weighted by molar-refractivity contribution is 7.89. The number of benzene rings is 2. The van der Waals surface area contributed by atoms with E-state index in [1.54, 1.807) is 18.2 Å². The summed E-state index contributed by atoms with van der Waals surface area (Å²) >= 11 is 0. The highest BCUT2D eigenvalue weighted by atomic mass is 32.2. The molecule has 6 heteroatoms. The standard InChI is InChI=1S/C16H19NO4S/c1-2-3-11-21-16(18)12-17-22(19,20)15-10-6-8-13-7-4-5-9-14(13)15/h4-10,17H,2-3,11-12H2,1H3. The molecule has 0 radical (unpaired) electrons. The van der Waals surface area contributed by atoms with Crippen molar-refractivity contribution in [3.05, 3.63) is 42.5 Å². The van der Waals surface area contributed by atoms with Crippen molar-refractivity contribution in [1.29, 1.82) is 0 Å². The number of nitrogens with one attached hydrogen (secondary N) is 1. The maximum absolute atomic E-state index is 12.4. The Hall–Kier alpha value is -1.92. The minimum Gasteiger partial charge on any atom is -0.465 e. The predicted molar refractivity (Wildman–Crippen MR) is 85.0 cm³/mol. The Morgan fingerprint density at radius 1 is 1.14 bits per heavy atom. The van der Waals surface area contributed by atoms with Crippen LogP contribution >= 0.6 is 0 Å². The predicted octanol–water partition coefficient (Wildman–Crippen LogP) is 2.46. The van der Waals surface area contributed by atoms with Crippen LogP contribution in [0.15, 0.2) is 47.4 Å². The second-order valence-corrected chi connectivity index (χ2v) is 6.61. The quantitative estimate of drug-likeness (QED) is 0.628. The maximum atomic E-state index is 12.4. The maximum Gasteiger partial charge on any atom is 0.321 e. The highest BCUT2D eigenvalue weighted by Crippen LogP contribution is 2.22. The van der Waals surface area contributed by atoms with Gasteiger partial charge in [0, 0.05) is 5.39 Å². The molecule has 0 spiro atoms. The summed E-state index contributed by atoms with van der Waals surface area (Å²) in [6, 6.07) is 12.2. The van der Waals surface area contributed by atoms with Crippen LogP contribution in [-0.2, 0) is 19.6 Å². The number of sulfonamides is 1. The molecule has 0 aliphatic rings. The molecule has 0 aliphatic heterocycles. The summed E-state index contributed by atoms with van der Waals surface area (Å²) in [5.74, 6) is -0.572. The molecular weight excluding hydrogens is 302 g/mol. The van der Waals surface area contributed by atoms with Crippen molar-refractivity contribution in [1.82, 2.24) is 4.72 Å². The zero-order valence-corrected chi connectivity index (χ0v) is 13.2. The summed E-state index contributed by atoms with van der Waals surface area (Å²) in [6.45, 7) is 1.93. The zero-order valence-electron chi connectivity index (χ0n) is 12.4. The highest BCUT2D eigenvalue weighted by Gasteiger charge is 2.18. The molecule has 22 heavy (non-hydrogen) atoms. The van der Waals surface area contributed by atoms with Crippen LogP contribution in [0.5, 0.6) is 0 Å². The molecule has 0 atom stereocenters. The summed E-state index contributed by atoms with van der Waals surface area (Å²) in [4.78, 5) is 11.7. The smallest absolute Gasteiger partial charge is 0.321 e. The molecule has 0 aliphatic carbocycles. The van der Waals surface area contributed by atoms with Gasteiger partial charge in [-0.15, -0.1) is 0 Å². The molecule has 0 amide bonds. The number of fused-ring (bicyclic) bond motifs is 1. The second kappa shape index (κ2) is 7.38. The van der Waals surface area contributed by atoms with Gasteiger partial charge in [0.2, 0.25) is 10.0 Å². The minimum absolute atomic E-state index is 0.159.